The summed E-state index contributed by atoms with van der Waals surface area (Å²) in [4.78, 5) is 0. The van der Waals surface area contributed by atoms with Gasteiger partial charge in [0.1, 0.15) is 0 Å². The predicted octanol–water partition coefficient (Wildman–Crippen LogP) is 6.61. The van der Waals surface area contributed by atoms with Crippen LogP contribution >= 0.6 is 0 Å². The van der Waals surface area contributed by atoms with Gasteiger partial charge >= 0.3 is 0 Å². The Morgan fingerprint density at radius 1 is 1.33 bits per heavy atom. The Kier molecular flexibility index (Phi) is 11.8. The van der Waals surface area contributed by atoms with Crippen molar-refractivity contribution in [2.24, 2.45) is 17.3 Å². The van der Waals surface area contributed by atoms with Crippen LogP contribution in [0.4, 0.5) is 0 Å². The lowest BCUT2D eigenvalue weighted by atomic mass is 9.49. The van der Waals surface area contributed by atoms with Gasteiger partial charge in [-0.3, -0.25) is 0 Å². The highest BCUT2D eigenvalue weighted by Crippen LogP contribution is 2.58. The van der Waals surface area contributed by atoms with E-state index < -0.39 is 6.10 Å². The van der Waals surface area contributed by atoms with Gasteiger partial charge in [-0.05, 0) is 64.2 Å². The van der Waals surface area contributed by atoms with Crippen LogP contribution in [0.2, 0.25) is 0 Å². The standard InChI is InChI=1S/C10H16O.C10H16.C5H12O/c1-5-9(4)7-10(11)6-8(2)3;1-7-4-5-8-6-9(7)10(8,2)3;1-3-4-5(2)6/h5-6,10-11H,1,4,7H2,2-3H3;4,8-9H,5-6H2,1-3H3;5-6H,3-4H2,1-2H3/t10-;;/m1../s1. The Morgan fingerprint density at radius 3 is 2.19 bits per heavy atom. The van der Waals surface area contributed by atoms with Gasteiger partial charge in [-0.2, -0.15) is 0 Å². The summed E-state index contributed by atoms with van der Waals surface area (Å²) in [7, 11) is 0. The molecular weight excluding hydrogens is 332 g/mol. The zero-order valence-corrected chi connectivity index (χ0v) is 18.9. The molecule has 1 fully saturated rings. The van der Waals surface area contributed by atoms with Crippen LogP contribution in [0.5, 0.6) is 0 Å². The third-order valence-electron chi connectivity index (χ3n) is 5.74. The predicted molar refractivity (Wildman–Crippen MR) is 120 cm³/mol. The minimum Gasteiger partial charge on any atom is -0.393 e. The lowest BCUT2D eigenvalue weighted by Gasteiger charge is -2.56. The van der Waals surface area contributed by atoms with Crippen molar-refractivity contribution >= 4 is 0 Å². The summed E-state index contributed by atoms with van der Waals surface area (Å²) in [5.41, 5.74) is 4.27. The van der Waals surface area contributed by atoms with Crippen molar-refractivity contribution in [2.45, 2.75) is 92.8 Å². The minimum atomic E-state index is -0.412. The molecule has 3 aliphatic carbocycles. The highest BCUT2D eigenvalue weighted by Gasteiger charge is 2.49. The highest BCUT2D eigenvalue weighted by atomic mass is 16.3. The number of fused-ring (bicyclic) bond motifs is 1. The summed E-state index contributed by atoms with van der Waals surface area (Å²) in [6.45, 7) is 22.2. The zero-order chi connectivity index (χ0) is 21.2. The Hall–Kier alpha value is -1.12. The molecule has 3 aliphatic rings. The number of hydrogen-bond donors (Lipinski definition) is 2. The third kappa shape index (κ3) is 9.58. The molecule has 3 unspecified atom stereocenters. The van der Waals surface area contributed by atoms with E-state index in [1.54, 1.807) is 11.6 Å². The summed E-state index contributed by atoms with van der Waals surface area (Å²) in [5, 5.41) is 17.9. The number of aliphatic hydroxyl groups is 2. The summed E-state index contributed by atoms with van der Waals surface area (Å²) in [6, 6.07) is 0. The van der Waals surface area contributed by atoms with Crippen LogP contribution in [0.1, 0.15) is 80.6 Å². The minimum absolute atomic E-state index is 0.102. The van der Waals surface area contributed by atoms with E-state index in [9.17, 15) is 5.11 Å². The number of hydrogen-bond acceptors (Lipinski definition) is 2. The average Bonchev–Trinajstić information content (AvgIpc) is 2.54. The maximum atomic E-state index is 9.34. The van der Waals surface area contributed by atoms with Crippen LogP contribution in [0, 0.1) is 17.3 Å². The van der Waals surface area contributed by atoms with Crippen LogP contribution in [-0.4, -0.2) is 22.4 Å². The van der Waals surface area contributed by atoms with Gasteiger partial charge in [0.05, 0.1) is 12.2 Å². The Labute approximate surface area is 168 Å². The highest BCUT2D eigenvalue weighted by molar-refractivity contribution is 5.21. The van der Waals surface area contributed by atoms with Crippen LogP contribution < -0.4 is 0 Å². The lowest BCUT2D eigenvalue weighted by Crippen LogP contribution is -2.47. The van der Waals surface area contributed by atoms with E-state index >= 15 is 0 Å². The van der Waals surface area contributed by atoms with Crippen molar-refractivity contribution in [3.8, 4) is 0 Å². The topological polar surface area (TPSA) is 40.5 Å². The van der Waals surface area contributed by atoms with E-state index in [2.05, 4.69) is 46.9 Å². The monoisotopic (exact) mass is 376 g/mol. The molecule has 2 bridgehead atoms. The van der Waals surface area contributed by atoms with Gasteiger partial charge in [0.15, 0.2) is 0 Å². The molecule has 2 heteroatoms. The van der Waals surface area contributed by atoms with Gasteiger partial charge in [-0.25, -0.2) is 0 Å². The first-order valence-electron chi connectivity index (χ1n) is 10.4. The lowest BCUT2D eigenvalue weighted by molar-refractivity contribution is -0.00579. The van der Waals surface area contributed by atoms with E-state index in [0.29, 0.717) is 11.8 Å². The first-order chi connectivity index (χ1) is 12.4. The molecule has 4 atom stereocenters. The second kappa shape index (κ2) is 12.4. The molecule has 0 aliphatic heterocycles. The Bertz CT molecular complexity index is 518. The zero-order valence-electron chi connectivity index (χ0n) is 18.9. The van der Waals surface area contributed by atoms with Crippen molar-refractivity contribution in [2.75, 3.05) is 0 Å². The molecule has 0 amide bonds. The molecule has 0 aromatic carbocycles. The summed E-state index contributed by atoms with van der Waals surface area (Å²) in [6.07, 6.45) is 10.8. The molecule has 0 aromatic rings. The summed E-state index contributed by atoms with van der Waals surface area (Å²) in [5.74, 6) is 1.92. The van der Waals surface area contributed by atoms with Crippen LogP contribution in [0.3, 0.4) is 0 Å². The first-order valence-corrected chi connectivity index (χ1v) is 10.4. The van der Waals surface area contributed by atoms with Crippen molar-refractivity contribution in [3.63, 3.8) is 0 Å². The van der Waals surface area contributed by atoms with Crippen molar-refractivity contribution < 1.29 is 10.2 Å². The molecule has 156 valence electrons. The van der Waals surface area contributed by atoms with Gasteiger partial charge in [-0.15, -0.1) is 0 Å². The molecule has 0 saturated heterocycles. The van der Waals surface area contributed by atoms with E-state index in [0.717, 1.165) is 35.8 Å². The molecule has 2 nitrogen and oxygen atoms in total. The number of aliphatic hydroxyl groups excluding tert-OH is 2. The van der Waals surface area contributed by atoms with Crippen molar-refractivity contribution in [1.29, 1.82) is 0 Å². The largest absolute Gasteiger partial charge is 0.393 e. The molecule has 1 saturated carbocycles. The van der Waals surface area contributed by atoms with Gasteiger partial charge in [-0.1, -0.05) is 75.3 Å². The maximum Gasteiger partial charge on any atom is 0.0763 e. The van der Waals surface area contributed by atoms with E-state index in [1.165, 1.54) is 12.8 Å². The smallest absolute Gasteiger partial charge is 0.0763 e. The SMILES string of the molecule is C=CC(=C)C[C@H](O)C=C(C)C.CC1=CCC2CC1C2(C)C.CCCC(C)O. The molecule has 3 rings (SSSR count). The number of allylic oxidation sites excluding steroid dienone is 4. The molecule has 0 radical (unpaired) electrons. The average molecular weight is 377 g/mol. The molecule has 0 heterocycles. The first kappa shape index (κ1) is 25.9. The normalized spacial score (nSPS) is 23.7. The van der Waals surface area contributed by atoms with Gasteiger partial charge in [0, 0.05) is 6.42 Å². The van der Waals surface area contributed by atoms with Crippen molar-refractivity contribution in [1.82, 2.24) is 0 Å². The second-order valence-electron chi connectivity index (χ2n) is 9.01. The van der Waals surface area contributed by atoms with Crippen LogP contribution in [0.15, 0.2) is 48.1 Å². The van der Waals surface area contributed by atoms with Gasteiger partial charge in [0.2, 0.25) is 0 Å². The van der Waals surface area contributed by atoms with Crippen LogP contribution in [0.25, 0.3) is 0 Å². The maximum absolute atomic E-state index is 9.34. The van der Waals surface area contributed by atoms with Crippen molar-refractivity contribution in [3.05, 3.63) is 48.1 Å². The fraction of sp³-hybridized carbons (Fsp3) is 0.680. The molecule has 0 spiro atoms. The van der Waals surface area contributed by atoms with Gasteiger partial charge in [0.25, 0.3) is 0 Å². The molecular formula is C25H44O2. The number of rotatable bonds is 6. The molecule has 2 N–H and O–H groups in total. The van der Waals surface area contributed by atoms with E-state index in [4.69, 9.17) is 5.11 Å². The summed E-state index contributed by atoms with van der Waals surface area (Å²) < 4.78 is 0. The Morgan fingerprint density at radius 2 is 1.93 bits per heavy atom. The third-order valence-corrected chi connectivity index (χ3v) is 5.74. The fourth-order valence-electron chi connectivity index (χ4n) is 3.87. The van der Waals surface area contributed by atoms with E-state index in [-0.39, 0.29) is 6.10 Å². The Balaban J connectivity index is 0.000000393. The second-order valence-corrected chi connectivity index (χ2v) is 9.01. The van der Waals surface area contributed by atoms with E-state index in [1.807, 2.05) is 26.8 Å². The fourth-order valence-corrected chi connectivity index (χ4v) is 3.87. The quantitative estimate of drug-likeness (QED) is 0.404. The molecule has 0 aromatic heterocycles. The summed E-state index contributed by atoms with van der Waals surface area (Å²) >= 11 is 0. The van der Waals surface area contributed by atoms with Crippen LogP contribution in [-0.2, 0) is 0 Å². The molecule has 27 heavy (non-hydrogen) atoms. The van der Waals surface area contributed by atoms with Gasteiger partial charge < -0.3 is 10.2 Å².